The molecule has 0 aromatic heterocycles. The summed E-state index contributed by atoms with van der Waals surface area (Å²) in [6, 6.07) is 0.259. The van der Waals surface area contributed by atoms with Crippen LogP contribution in [-0.4, -0.2) is 61.1 Å². The highest BCUT2D eigenvalue weighted by atomic mass is 16.5. The van der Waals surface area contributed by atoms with Crippen LogP contribution in [0.4, 0.5) is 0 Å². The molecule has 0 saturated carbocycles. The molecule has 0 spiro atoms. The maximum Gasteiger partial charge on any atom is 0.109 e. The molecule has 0 N–H and O–H groups in total. The maximum absolute atomic E-state index is 5.55. The molecule has 0 aromatic rings. The number of allylic oxidation sites excluding steroid dienone is 1. The highest BCUT2D eigenvalue weighted by Gasteiger charge is 2.46. The van der Waals surface area contributed by atoms with E-state index < -0.39 is 0 Å². The number of morpholine rings is 1. The number of rotatable bonds is 2. The Labute approximate surface area is 173 Å². The van der Waals surface area contributed by atoms with Gasteiger partial charge in [-0.25, -0.2) is 0 Å². The minimum atomic E-state index is 0.0615. The van der Waals surface area contributed by atoms with E-state index in [1.54, 1.807) is 11.3 Å². The van der Waals surface area contributed by atoms with Gasteiger partial charge in [-0.1, -0.05) is 62.3 Å². The quantitative estimate of drug-likeness (QED) is 0.678. The Morgan fingerprint density at radius 1 is 0.929 bits per heavy atom. The maximum atomic E-state index is 5.55. The second-order valence-electron chi connectivity index (χ2n) is 12.2. The van der Waals surface area contributed by atoms with E-state index in [1.807, 2.05) is 0 Å². The predicted octanol–water partition coefficient (Wildman–Crippen LogP) is 4.81. The van der Waals surface area contributed by atoms with Crippen molar-refractivity contribution in [3.05, 3.63) is 11.3 Å². The predicted molar refractivity (Wildman–Crippen MR) is 119 cm³/mol. The molecule has 2 saturated heterocycles. The minimum Gasteiger partial charge on any atom is -0.379 e. The molecule has 4 nitrogen and oxygen atoms in total. The summed E-state index contributed by atoms with van der Waals surface area (Å²) in [6.07, 6.45) is 1.19. The van der Waals surface area contributed by atoms with Crippen LogP contribution in [0.15, 0.2) is 16.3 Å². The van der Waals surface area contributed by atoms with Crippen LogP contribution in [0.5, 0.6) is 0 Å². The molecule has 2 fully saturated rings. The van der Waals surface area contributed by atoms with Crippen LogP contribution >= 0.6 is 0 Å². The largest absolute Gasteiger partial charge is 0.379 e. The molecule has 4 heteroatoms. The van der Waals surface area contributed by atoms with Gasteiger partial charge in [-0.2, -0.15) is 0 Å². The molecule has 0 bridgehead atoms. The van der Waals surface area contributed by atoms with Crippen LogP contribution < -0.4 is 0 Å². The van der Waals surface area contributed by atoms with Crippen molar-refractivity contribution in [1.82, 2.24) is 9.80 Å². The van der Waals surface area contributed by atoms with Crippen molar-refractivity contribution in [2.24, 2.45) is 27.2 Å². The van der Waals surface area contributed by atoms with Crippen LogP contribution in [0.3, 0.4) is 0 Å². The number of hydrogen-bond acceptors (Lipinski definition) is 4. The van der Waals surface area contributed by atoms with Gasteiger partial charge in [0.2, 0.25) is 0 Å². The molecule has 3 aliphatic heterocycles. The first kappa shape index (κ1) is 21.8. The number of amidine groups is 1. The molecular weight excluding hydrogens is 346 g/mol. The Bertz CT molecular complexity index is 636. The fourth-order valence-corrected chi connectivity index (χ4v) is 5.04. The van der Waals surface area contributed by atoms with Gasteiger partial charge in [0.25, 0.3) is 0 Å². The highest BCUT2D eigenvalue weighted by molar-refractivity contribution is 5.90. The first-order valence-electron chi connectivity index (χ1n) is 11.2. The smallest absolute Gasteiger partial charge is 0.109 e. The van der Waals surface area contributed by atoms with E-state index >= 15 is 0 Å². The zero-order chi connectivity index (χ0) is 20.9. The summed E-state index contributed by atoms with van der Waals surface area (Å²) in [5, 5.41) is 0. The molecule has 0 aromatic carbocycles. The van der Waals surface area contributed by atoms with Crippen molar-refractivity contribution in [2.45, 2.75) is 74.8 Å². The van der Waals surface area contributed by atoms with E-state index in [0.29, 0.717) is 5.92 Å². The van der Waals surface area contributed by atoms with Crippen molar-refractivity contribution in [3.8, 4) is 0 Å². The lowest BCUT2D eigenvalue weighted by atomic mass is 9.70. The van der Waals surface area contributed by atoms with E-state index in [0.717, 1.165) is 32.8 Å². The van der Waals surface area contributed by atoms with Gasteiger partial charge < -0.3 is 9.64 Å². The molecule has 3 rings (SSSR count). The summed E-state index contributed by atoms with van der Waals surface area (Å²) in [5.41, 5.74) is 3.46. The molecule has 3 heterocycles. The van der Waals surface area contributed by atoms with E-state index in [4.69, 9.17) is 9.73 Å². The second-order valence-corrected chi connectivity index (χ2v) is 12.2. The molecule has 3 aliphatic rings. The zero-order valence-electron chi connectivity index (χ0n) is 19.9. The molecule has 2 atom stereocenters. The van der Waals surface area contributed by atoms with Crippen LogP contribution in [0.2, 0.25) is 0 Å². The number of aliphatic imine (C=N–C) groups is 1. The Morgan fingerprint density at radius 3 is 2.04 bits per heavy atom. The minimum absolute atomic E-state index is 0.0615. The van der Waals surface area contributed by atoms with Gasteiger partial charge in [-0.15, -0.1) is 0 Å². The van der Waals surface area contributed by atoms with Gasteiger partial charge in [0.15, 0.2) is 0 Å². The normalized spacial score (nSPS) is 27.9. The summed E-state index contributed by atoms with van der Waals surface area (Å²) in [5.74, 6) is 1.97. The molecular formula is C24H43N3O. The Morgan fingerprint density at radius 2 is 1.54 bits per heavy atom. The van der Waals surface area contributed by atoms with Crippen LogP contribution in [-0.2, 0) is 4.74 Å². The van der Waals surface area contributed by atoms with E-state index in [9.17, 15) is 0 Å². The van der Waals surface area contributed by atoms with Gasteiger partial charge in [0, 0.05) is 37.3 Å². The Kier molecular flexibility index (Phi) is 5.79. The van der Waals surface area contributed by atoms with Crippen LogP contribution in [0.1, 0.15) is 68.7 Å². The summed E-state index contributed by atoms with van der Waals surface area (Å²) in [7, 11) is 0. The first-order valence-corrected chi connectivity index (χ1v) is 11.2. The fraction of sp³-hybridized carbons (Fsp3) is 0.875. The SMILES string of the molecule is CC(C)(C)C1=NC(C(C)(C)C)C(C(C)(C)C)=C2CC(CN3CCOCC3)CN12. The van der Waals surface area contributed by atoms with Crippen LogP contribution in [0.25, 0.3) is 0 Å². The summed E-state index contributed by atoms with van der Waals surface area (Å²) < 4.78 is 5.55. The fourth-order valence-electron chi connectivity index (χ4n) is 5.04. The average molecular weight is 390 g/mol. The van der Waals surface area contributed by atoms with Crippen LogP contribution in [0, 0.1) is 22.2 Å². The third-order valence-corrected chi connectivity index (χ3v) is 6.26. The lowest BCUT2D eigenvalue weighted by Gasteiger charge is -2.45. The standard InChI is InChI=1S/C24H43N3O/c1-22(2,3)19-18-14-17(15-26-10-12-28-13-11-26)16-27(18)21(24(7,8)9)25-20(19)23(4,5)6/h17,20H,10-16H2,1-9H3. The van der Waals surface area contributed by atoms with Gasteiger partial charge in [-0.05, 0) is 28.7 Å². The zero-order valence-corrected chi connectivity index (χ0v) is 19.9. The molecule has 160 valence electrons. The summed E-state index contributed by atoms with van der Waals surface area (Å²) >= 11 is 0. The van der Waals surface area contributed by atoms with E-state index in [2.05, 4.69) is 72.1 Å². The molecule has 0 radical (unpaired) electrons. The van der Waals surface area contributed by atoms with Gasteiger partial charge in [0.1, 0.15) is 5.84 Å². The van der Waals surface area contributed by atoms with E-state index in [-0.39, 0.29) is 22.3 Å². The lowest BCUT2D eigenvalue weighted by Crippen LogP contribution is -2.47. The monoisotopic (exact) mass is 389 g/mol. The molecule has 0 aliphatic carbocycles. The highest BCUT2D eigenvalue weighted by Crippen LogP contribution is 2.48. The third kappa shape index (κ3) is 4.48. The summed E-state index contributed by atoms with van der Waals surface area (Å²) in [4.78, 5) is 10.6. The topological polar surface area (TPSA) is 28.1 Å². The van der Waals surface area contributed by atoms with Crippen molar-refractivity contribution >= 4 is 5.84 Å². The van der Waals surface area contributed by atoms with Gasteiger partial charge >= 0.3 is 0 Å². The van der Waals surface area contributed by atoms with Gasteiger partial charge in [-0.3, -0.25) is 9.89 Å². The molecule has 2 unspecified atom stereocenters. The van der Waals surface area contributed by atoms with Crippen molar-refractivity contribution in [1.29, 1.82) is 0 Å². The number of hydrogen-bond donors (Lipinski definition) is 0. The molecule has 28 heavy (non-hydrogen) atoms. The Hall–Kier alpha value is -0.870. The number of nitrogens with zero attached hydrogens (tertiary/aromatic N) is 3. The number of fused-ring (bicyclic) bond motifs is 1. The lowest BCUT2D eigenvalue weighted by molar-refractivity contribution is 0.0315. The average Bonchev–Trinajstić information content (AvgIpc) is 2.93. The summed E-state index contributed by atoms with van der Waals surface area (Å²) in [6.45, 7) is 27.3. The van der Waals surface area contributed by atoms with Gasteiger partial charge in [0.05, 0.1) is 19.3 Å². The number of ether oxygens (including phenoxy) is 1. The van der Waals surface area contributed by atoms with Crippen molar-refractivity contribution < 1.29 is 4.74 Å². The first-order chi connectivity index (χ1) is 12.8. The van der Waals surface area contributed by atoms with E-state index in [1.165, 1.54) is 18.8 Å². The third-order valence-electron chi connectivity index (χ3n) is 6.26. The Balaban J connectivity index is 1.99. The molecule has 0 amide bonds. The van der Waals surface area contributed by atoms with Crippen molar-refractivity contribution in [3.63, 3.8) is 0 Å². The second kappa shape index (κ2) is 7.43. The van der Waals surface area contributed by atoms with Crippen molar-refractivity contribution in [2.75, 3.05) is 39.4 Å².